The molecule has 2 rings (SSSR count). The van der Waals surface area contributed by atoms with Crippen LogP contribution in [0.1, 0.15) is 51.0 Å². The Hall–Kier alpha value is -1.91. The minimum Gasteiger partial charge on any atom is -0.350 e. The van der Waals surface area contributed by atoms with Crippen LogP contribution >= 0.6 is 0 Å². The van der Waals surface area contributed by atoms with E-state index in [0.29, 0.717) is 25.7 Å². The molecule has 1 saturated heterocycles. The average Bonchev–Trinajstić information content (AvgIpc) is 2.93. The number of nitrogens with one attached hydrogen (secondary N) is 1. The van der Waals surface area contributed by atoms with Crippen LogP contribution in [-0.4, -0.2) is 35.8 Å². The van der Waals surface area contributed by atoms with E-state index < -0.39 is 5.54 Å². The number of carbonyl (C=O) groups is 2. The molecule has 0 aromatic heterocycles. The maximum Gasteiger partial charge on any atom is 0.222 e. The van der Waals surface area contributed by atoms with E-state index in [1.54, 1.807) is 17.0 Å². The quantitative estimate of drug-likeness (QED) is 0.794. The number of hydrogen-bond donors (Lipinski definition) is 1. The van der Waals surface area contributed by atoms with E-state index in [1.165, 1.54) is 12.1 Å². The van der Waals surface area contributed by atoms with Crippen LogP contribution in [0.5, 0.6) is 0 Å². The van der Waals surface area contributed by atoms with E-state index >= 15 is 0 Å². The third kappa shape index (κ3) is 5.05. The van der Waals surface area contributed by atoms with E-state index in [1.807, 2.05) is 7.05 Å². The van der Waals surface area contributed by atoms with Gasteiger partial charge in [-0.05, 0) is 43.4 Å². The number of halogens is 1. The van der Waals surface area contributed by atoms with Gasteiger partial charge in [0.1, 0.15) is 5.82 Å². The predicted molar refractivity (Wildman–Crippen MR) is 92.0 cm³/mol. The van der Waals surface area contributed by atoms with E-state index in [2.05, 4.69) is 12.2 Å². The Morgan fingerprint density at radius 2 is 2.04 bits per heavy atom. The first kappa shape index (κ1) is 18.4. The lowest BCUT2D eigenvalue weighted by Gasteiger charge is -2.30. The van der Waals surface area contributed by atoms with Crippen molar-refractivity contribution in [3.63, 3.8) is 0 Å². The second kappa shape index (κ2) is 8.27. The number of unbranched alkanes of at least 4 members (excludes halogenated alkanes) is 1. The normalized spacial score (nSPS) is 20.0. The smallest absolute Gasteiger partial charge is 0.222 e. The Morgan fingerprint density at radius 1 is 1.33 bits per heavy atom. The fourth-order valence-electron chi connectivity index (χ4n) is 3.23. The predicted octanol–water partition coefficient (Wildman–Crippen LogP) is 3.06. The molecule has 1 aliphatic heterocycles. The minimum atomic E-state index is -0.393. The maximum atomic E-state index is 13.1. The first-order valence-electron chi connectivity index (χ1n) is 8.73. The second-order valence-electron chi connectivity index (χ2n) is 6.80. The van der Waals surface area contributed by atoms with E-state index in [4.69, 9.17) is 0 Å². The molecule has 2 amide bonds. The summed E-state index contributed by atoms with van der Waals surface area (Å²) in [6.45, 7) is 2.87. The van der Waals surface area contributed by atoms with Crippen molar-refractivity contribution < 1.29 is 14.0 Å². The van der Waals surface area contributed by atoms with Crippen LogP contribution in [0.4, 0.5) is 4.39 Å². The van der Waals surface area contributed by atoms with Crippen LogP contribution < -0.4 is 5.32 Å². The Labute approximate surface area is 143 Å². The summed E-state index contributed by atoms with van der Waals surface area (Å²) in [5.41, 5.74) is 0.585. The summed E-state index contributed by atoms with van der Waals surface area (Å²) in [4.78, 5) is 25.8. The molecule has 1 heterocycles. The molecule has 1 aromatic carbocycles. The highest BCUT2D eigenvalue weighted by Crippen LogP contribution is 2.30. The van der Waals surface area contributed by atoms with Crippen LogP contribution in [0.25, 0.3) is 0 Å². The second-order valence-corrected chi connectivity index (χ2v) is 6.80. The lowest BCUT2D eigenvalue weighted by atomic mass is 9.85. The van der Waals surface area contributed by atoms with Gasteiger partial charge in [-0.3, -0.25) is 9.59 Å². The van der Waals surface area contributed by atoms with Gasteiger partial charge in [-0.1, -0.05) is 25.5 Å². The summed E-state index contributed by atoms with van der Waals surface area (Å²) in [6.07, 6.45) is 4.93. The monoisotopic (exact) mass is 334 g/mol. The van der Waals surface area contributed by atoms with E-state index in [9.17, 15) is 14.0 Å². The highest BCUT2D eigenvalue weighted by atomic mass is 19.1. The zero-order chi connectivity index (χ0) is 17.6. The lowest BCUT2D eigenvalue weighted by molar-refractivity contribution is -0.130. The largest absolute Gasteiger partial charge is 0.350 e. The van der Waals surface area contributed by atoms with Crippen molar-refractivity contribution in [3.8, 4) is 0 Å². The fraction of sp³-hybridized carbons (Fsp3) is 0.579. The van der Waals surface area contributed by atoms with E-state index in [0.717, 1.165) is 31.4 Å². The molecule has 0 aliphatic carbocycles. The van der Waals surface area contributed by atoms with Crippen LogP contribution in [0.2, 0.25) is 0 Å². The van der Waals surface area contributed by atoms with Gasteiger partial charge in [0, 0.05) is 32.0 Å². The Balaban J connectivity index is 1.99. The fourth-order valence-corrected chi connectivity index (χ4v) is 3.23. The van der Waals surface area contributed by atoms with Crippen LogP contribution in [0, 0.1) is 5.82 Å². The molecule has 1 fully saturated rings. The zero-order valence-corrected chi connectivity index (χ0v) is 14.6. The average molecular weight is 334 g/mol. The molecule has 4 nitrogen and oxygen atoms in total. The Bertz CT molecular complexity index is 573. The van der Waals surface area contributed by atoms with Crippen molar-refractivity contribution in [3.05, 3.63) is 35.6 Å². The first-order valence-corrected chi connectivity index (χ1v) is 8.73. The minimum absolute atomic E-state index is 0.0314. The molecule has 0 spiro atoms. The number of benzene rings is 1. The number of nitrogens with zero attached hydrogens (tertiary/aromatic N) is 1. The third-order valence-electron chi connectivity index (χ3n) is 4.78. The molecule has 1 aliphatic rings. The molecule has 1 aromatic rings. The highest BCUT2D eigenvalue weighted by molar-refractivity contribution is 5.80. The van der Waals surface area contributed by atoms with Gasteiger partial charge in [0.15, 0.2) is 0 Å². The van der Waals surface area contributed by atoms with Gasteiger partial charge < -0.3 is 10.2 Å². The van der Waals surface area contributed by atoms with Gasteiger partial charge in [0.05, 0.1) is 0 Å². The number of hydrogen-bond acceptors (Lipinski definition) is 2. The van der Waals surface area contributed by atoms with Gasteiger partial charge >= 0.3 is 0 Å². The molecular weight excluding hydrogens is 307 g/mol. The van der Waals surface area contributed by atoms with Crippen molar-refractivity contribution >= 4 is 11.8 Å². The Kier molecular flexibility index (Phi) is 6.35. The summed E-state index contributed by atoms with van der Waals surface area (Å²) < 4.78 is 13.1. The molecule has 0 saturated carbocycles. The highest BCUT2D eigenvalue weighted by Gasteiger charge is 2.38. The molecule has 1 N–H and O–H groups in total. The number of amides is 2. The summed E-state index contributed by atoms with van der Waals surface area (Å²) >= 11 is 0. The Morgan fingerprint density at radius 3 is 2.62 bits per heavy atom. The third-order valence-corrected chi connectivity index (χ3v) is 4.78. The molecule has 0 unspecified atom stereocenters. The number of carbonyl (C=O) groups excluding carboxylic acids is 2. The van der Waals surface area contributed by atoms with Gasteiger partial charge in [-0.15, -0.1) is 0 Å². The van der Waals surface area contributed by atoms with Crippen molar-refractivity contribution in [2.75, 3.05) is 13.6 Å². The molecule has 132 valence electrons. The molecule has 0 bridgehead atoms. The van der Waals surface area contributed by atoms with E-state index in [-0.39, 0.29) is 17.6 Å². The van der Waals surface area contributed by atoms with Crippen LogP contribution in [0.15, 0.2) is 24.3 Å². The summed E-state index contributed by atoms with van der Waals surface area (Å²) in [5, 5.41) is 3.06. The maximum absolute atomic E-state index is 13.1. The van der Waals surface area contributed by atoms with Gasteiger partial charge in [-0.25, -0.2) is 4.39 Å². The SMILES string of the molecule is CCCCN(C)C(=O)CC[C@]1(Cc2ccc(F)cc2)CCC(=O)N1. The standard InChI is InChI=1S/C19H27FN2O2/c1-3-4-13-22(2)18(24)10-12-19(11-9-17(23)21-19)14-15-5-7-16(20)8-6-15/h5-8H,3-4,9-14H2,1-2H3,(H,21,23)/t19-/m0/s1. The van der Waals surface area contributed by atoms with Gasteiger partial charge in [0.25, 0.3) is 0 Å². The van der Waals surface area contributed by atoms with Crippen molar-refractivity contribution in [1.29, 1.82) is 0 Å². The summed E-state index contributed by atoms with van der Waals surface area (Å²) in [7, 11) is 1.83. The first-order chi connectivity index (χ1) is 11.4. The van der Waals surface area contributed by atoms with Gasteiger partial charge in [-0.2, -0.15) is 0 Å². The molecule has 0 radical (unpaired) electrons. The van der Waals surface area contributed by atoms with Crippen molar-refractivity contribution in [2.24, 2.45) is 0 Å². The van der Waals surface area contributed by atoms with Crippen molar-refractivity contribution in [1.82, 2.24) is 10.2 Å². The molecular formula is C19H27FN2O2. The molecule has 1 atom stereocenters. The van der Waals surface area contributed by atoms with Crippen molar-refractivity contribution in [2.45, 2.75) is 57.4 Å². The summed E-state index contributed by atoms with van der Waals surface area (Å²) in [5.74, 6) is -0.122. The molecule has 24 heavy (non-hydrogen) atoms. The summed E-state index contributed by atoms with van der Waals surface area (Å²) in [6, 6.07) is 6.36. The number of rotatable bonds is 8. The van der Waals surface area contributed by atoms with Crippen LogP contribution in [-0.2, 0) is 16.0 Å². The topological polar surface area (TPSA) is 49.4 Å². The zero-order valence-electron chi connectivity index (χ0n) is 14.6. The lowest BCUT2D eigenvalue weighted by Crippen LogP contribution is -2.44. The molecule has 5 heteroatoms. The van der Waals surface area contributed by atoms with Crippen LogP contribution in [0.3, 0.4) is 0 Å². The van der Waals surface area contributed by atoms with Gasteiger partial charge in [0.2, 0.25) is 11.8 Å².